The molecule has 0 aliphatic rings. The number of hydrogen-bond donors (Lipinski definition) is 3. The van der Waals surface area contributed by atoms with Crippen molar-refractivity contribution in [2.24, 2.45) is 11.7 Å². The van der Waals surface area contributed by atoms with E-state index in [1.54, 1.807) is 0 Å². The lowest BCUT2D eigenvalue weighted by molar-refractivity contribution is -0.141. The van der Waals surface area contributed by atoms with Crippen molar-refractivity contribution in [1.82, 2.24) is 5.32 Å². The maximum atomic E-state index is 11.9. The van der Waals surface area contributed by atoms with Crippen LogP contribution in [0.1, 0.15) is 30.9 Å². The van der Waals surface area contributed by atoms with Crippen LogP contribution >= 0.6 is 0 Å². The Morgan fingerprint density at radius 1 is 1.30 bits per heavy atom. The molecule has 1 amide bonds. The second-order valence-corrected chi connectivity index (χ2v) is 4.78. The van der Waals surface area contributed by atoms with Gasteiger partial charge in [0.2, 0.25) is 5.91 Å². The number of carboxylic acids is 1. The number of carbonyl (C=O) groups excluding carboxylic acids is 1. The van der Waals surface area contributed by atoms with Crippen LogP contribution in [0, 0.1) is 5.92 Å². The highest BCUT2D eigenvalue weighted by Gasteiger charge is 2.17. The number of nitrogens with one attached hydrogen (secondary N) is 1. The minimum absolute atomic E-state index is 0.173. The van der Waals surface area contributed by atoms with Crippen LogP contribution in [-0.2, 0) is 22.6 Å². The summed E-state index contributed by atoms with van der Waals surface area (Å²) in [7, 11) is 0. The molecule has 1 aromatic carbocycles. The van der Waals surface area contributed by atoms with Gasteiger partial charge in [-0.3, -0.25) is 9.59 Å². The zero-order valence-electron chi connectivity index (χ0n) is 11.8. The van der Waals surface area contributed by atoms with Gasteiger partial charge in [-0.1, -0.05) is 37.6 Å². The summed E-state index contributed by atoms with van der Waals surface area (Å²) < 4.78 is 0. The number of carbonyl (C=O) groups is 2. The van der Waals surface area contributed by atoms with Crippen molar-refractivity contribution >= 4 is 11.9 Å². The minimum Gasteiger partial charge on any atom is -0.481 e. The third-order valence-electron chi connectivity index (χ3n) is 3.22. The number of amides is 1. The third kappa shape index (κ3) is 5.01. The second-order valence-electron chi connectivity index (χ2n) is 4.78. The van der Waals surface area contributed by atoms with Crippen molar-refractivity contribution in [3.63, 3.8) is 0 Å². The monoisotopic (exact) mass is 278 g/mol. The summed E-state index contributed by atoms with van der Waals surface area (Å²) in [5, 5.41) is 11.7. The lowest BCUT2D eigenvalue weighted by Crippen LogP contribution is -2.34. The molecule has 1 atom stereocenters. The predicted octanol–water partition coefficient (Wildman–Crippen LogP) is 1.30. The summed E-state index contributed by atoms with van der Waals surface area (Å²) >= 11 is 0. The van der Waals surface area contributed by atoms with Crippen molar-refractivity contribution in [1.29, 1.82) is 0 Å². The molecule has 0 aliphatic heterocycles. The summed E-state index contributed by atoms with van der Waals surface area (Å²) in [6.45, 7) is 2.49. The Morgan fingerprint density at radius 2 is 1.95 bits per heavy atom. The van der Waals surface area contributed by atoms with Crippen molar-refractivity contribution in [2.45, 2.75) is 32.7 Å². The maximum absolute atomic E-state index is 11.9. The van der Waals surface area contributed by atoms with Crippen LogP contribution in [0.5, 0.6) is 0 Å². The molecule has 4 N–H and O–H groups in total. The van der Waals surface area contributed by atoms with Gasteiger partial charge in [-0.05, 0) is 17.5 Å². The molecule has 0 bridgehead atoms. The molecule has 0 fully saturated rings. The average Bonchev–Trinajstić information content (AvgIpc) is 2.43. The Kier molecular flexibility index (Phi) is 6.73. The molecular formula is C15H22N2O3. The molecule has 5 heteroatoms. The standard InChI is InChI=1S/C15H22N2O3/c1-2-5-13(15(19)20)10-17-14(18)8-11-6-3-4-7-12(11)9-16/h3-4,6-7,13H,2,5,8-10,16H2,1H3,(H,17,18)(H,19,20). The summed E-state index contributed by atoms with van der Waals surface area (Å²) in [5.41, 5.74) is 7.44. The van der Waals surface area contributed by atoms with E-state index >= 15 is 0 Å². The van der Waals surface area contributed by atoms with E-state index in [0.717, 1.165) is 17.5 Å². The van der Waals surface area contributed by atoms with E-state index in [2.05, 4.69) is 5.32 Å². The highest BCUT2D eigenvalue weighted by Crippen LogP contribution is 2.09. The van der Waals surface area contributed by atoms with Crippen molar-refractivity contribution in [3.8, 4) is 0 Å². The molecule has 0 aliphatic carbocycles. The van der Waals surface area contributed by atoms with Gasteiger partial charge in [0, 0.05) is 13.1 Å². The molecule has 0 aromatic heterocycles. The fraction of sp³-hybridized carbons (Fsp3) is 0.467. The normalized spacial score (nSPS) is 11.9. The Balaban J connectivity index is 2.53. The second kappa shape index (κ2) is 8.32. The van der Waals surface area contributed by atoms with E-state index in [9.17, 15) is 9.59 Å². The van der Waals surface area contributed by atoms with Crippen molar-refractivity contribution in [2.75, 3.05) is 6.54 Å². The fourth-order valence-electron chi connectivity index (χ4n) is 2.06. The fourth-order valence-corrected chi connectivity index (χ4v) is 2.06. The van der Waals surface area contributed by atoms with Gasteiger partial charge < -0.3 is 16.2 Å². The molecule has 0 radical (unpaired) electrons. The molecular weight excluding hydrogens is 256 g/mol. The first kappa shape index (κ1) is 16.2. The molecule has 5 nitrogen and oxygen atoms in total. The van der Waals surface area contributed by atoms with Crippen molar-refractivity contribution in [3.05, 3.63) is 35.4 Å². The Labute approximate surface area is 119 Å². The topological polar surface area (TPSA) is 92.4 Å². The summed E-state index contributed by atoms with van der Waals surface area (Å²) in [6, 6.07) is 7.49. The van der Waals surface area contributed by atoms with Gasteiger partial charge in [-0.15, -0.1) is 0 Å². The van der Waals surface area contributed by atoms with E-state index in [4.69, 9.17) is 10.8 Å². The molecule has 110 valence electrons. The first-order valence-electron chi connectivity index (χ1n) is 6.84. The number of rotatable bonds is 8. The SMILES string of the molecule is CCCC(CNC(=O)Cc1ccccc1CN)C(=O)O. The Morgan fingerprint density at radius 3 is 2.50 bits per heavy atom. The predicted molar refractivity (Wildman–Crippen MR) is 77.1 cm³/mol. The Hall–Kier alpha value is -1.88. The number of aliphatic carboxylic acids is 1. The highest BCUT2D eigenvalue weighted by molar-refractivity contribution is 5.79. The maximum Gasteiger partial charge on any atom is 0.308 e. The van der Waals surface area contributed by atoms with Gasteiger partial charge in [-0.2, -0.15) is 0 Å². The molecule has 0 saturated carbocycles. The van der Waals surface area contributed by atoms with Crippen molar-refractivity contribution < 1.29 is 14.7 Å². The average molecular weight is 278 g/mol. The van der Waals surface area contributed by atoms with Crippen LogP contribution in [0.15, 0.2) is 24.3 Å². The van der Waals surface area contributed by atoms with Crippen LogP contribution in [0.25, 0.3) is 0 Å². The number of hydrogen-bond acceptors (Lipinski definition) is 3. The van der Waals surface area contributed by atoms with Crippen LogP contribution in [0.2, 0.25) is 0 Å². The summed E-state index contributed by atoms with van der Waals surface area (Å²) in [6.07, 6.45) is 1.57. The van der Waals surface area contributed by atoms with Crippen LogP contribution in [0.3, 0.4) is 0 Å². The van der Waals surface area contributed by atoms with Crippen LogP contribution < -0.4 is 11.1 Å². The van der Waals surface area contributed by atoms with E-state index in [-0.39, 0.29) is 18.9 Å². The zero-order valence-corrected chi connectivity index (χ0v) is 11.8. The lowest BCUT2D eigenvalue weighted by atomic mass is 10.0. The van der Waals surface area contributed by atoms with E-state index < -0.39 is 11.9 Å². The largest absolute Gasteiger partial charge is 0.481 e. The first-order valence-corrected chi connectivity index (χ1v) is 6.84. The molecule has 0 spiro atoms. The van der Waals surface area contributed by atoms with Gasteiger partial charge >= 0.3 is 5.97 Å². The third-order valence-corrected chi connectivity index (χ3v) is 3.22. The van der Waals surface area contributed by atoms with Gasteiger partial charge in [0.05, 0.1) is 12.3 Å². The molecule has 0 heterocycles. The number of nitrogens with two attached hydrogens (primary N) is 1. The molecule has 1 aromatic rings. The molecule has 0 saturated heterocycles. The van der Waals surface area contributed by atoms with Crippen LogP contribution in [-0.4, -0.2) is 23.5 Å². The van der Waals surface area contributed by atoms with Gasteiger partial charge in [-0.25, -0.2) is 0 Å². The van der Waals surface area contributed by atoms with E-state index in [1.807, 2.05) is 31.2 Å². The summed E-state index contributed by atoms with van der Waals surface area (Å²) in [4.78, 5) is 22.9. The highest BCUT2D eigenvalue weighted by atomic mass is 16.4. The zero-order chi connectivity index (χ0) is 15.0. The van der Waals surface area contributed by atoms with Gasteiger partial charge in [0.25, 0.3) is 0 Å². The Bertz CT molecular complexity index is 460. The van der Waals surface area contributed by atoms with E-state index in [0.29, 0.717) is 13.0 Å². The number of benzene rings is 1. The minimum atomic E-state index is -0.866. The van der Waals surface area contributed by atoms with Gasteiger partial charge in [0.1, 0.15) is 0 Å². The van der Waals surface area contributed by atoms with E-state index in [1.165, 1.54) is 0 Å². The first-order chi connectivity index (χ1) is 9.58. The number of carboxylic acid groups (broad SMARTS) is 1. The summed E-state index contributed by atoms with van der Waals surface area (Å²) in [5.74, 6) is -1.56. The molecule has 1 rings (SSSR count). The van der Waals surface area contributed by atoms with Crippen LogP contribution in [0.4, 0.5) is 0 Å². The smallest absolute Gasteiger partial charge is 0.308 e. The quantitative estimate of drug-likeness (QED) is 0.668. The molecule has 20 heavy (non-hydrogen) atoms. The van der Waals surface area contributed by atoms with Gasteiger partial charge in [0.15, 0.2) is 0 Å². The lowest BCUT2D eigenvalue weighted by Gasteiger charge is -2.13. The molecule has 1 unspecified atom stereocenters.